The van der Waals surface area contributed by atoms with E-state index in [-0.39, 0.29) is 17.9 Å². The van der Waals surface area contributed by atoms with Crippen LogP contribution >= 0.6 is 27.7 Å². The fourth-order valence-electron chi connectivity index (χ4n) is 1.46. The van der Waals surface area contributed by atoms with Gasteiger partial charge in [-0.1, -0.05) is 6.92 Å². The summed E-state index contributed by atoms with van der Waals surface area (Å²) in [5.41, 5.74) is 0. The largest absolute Gasteiger partial charge is 0.395 e. The molecular formula is C11H18BrN3OS. The Morgan fingerprint density at radius 3 is 2.76 bits per heavy atom. The Hall–Kier alpha value is -0.330. The van der Waals surface area contributed by atoms with Gasteiger partial charge in [0.15, 0.2) is 0 Å². The van der Waals surface area contributed by atoms with E-state index >= 15 is 0 Å². The summed E-state index contributed by atoms with van der Waals surface area (Å²) < 4.78 is 0.781. The molecule has 0 bridgehead atoms. The van der Waals surface area contributed by atoms with Gasteiger partial charge in [-0.05, 0) is 29.1 Å². The van der Waals surface area contributed by atoms with E-state index in [2.05, 4.69) is 31.2 Å². The van der Waals surface area contributed by atoms with Gasteiger partial charge in [-0.15, -0.1) is 0 Å². The van der Waals surface area contributed by atoms with Gasteiger partial charge in [-0.2, -0.15) is 11.8 Å². The van der Waals surface area contributed by atoms with Gasteiger partial charge in [0.05, 0.1) is 6.61 Å². The number of halogens is 1. The second-order valence-corrected chi connectivity index (χ2v) is 5.62. The zero-order chi connectivity index (χ0) is 12.8. The van der Waals surface area contributed by atoms with Crippen LogP contribution in [0, 0.1) is 0 Å². The van der Waals surface area contributed by atoms with Crippen LogP contribution in [0.15, 0.2) is 10.7 Å². The van der Waals surface area contributed by atoms with Crippen molar-refractivity contribution in [3.05, 3.63) is 16.5 Å². The third kappa shape index (κ3) is 4.44. The topological polar surface area (TPSA) is 58.0 Å². The number of aliphatic hydroxyl groups is 1. The first kappa shape index (κ1) is 14.7. The molecule has 17 heavy (non-hydrogen) atoms. The maximum Gasteiger partial charge on any atom is 0.131 e. The van der Waals surface area contributed by atoms with Gasteiger partial charge >= 0.3 is 0 Å². The van der Waals surface area contributed by atoms with Crippen LogP contribution in [0.25, 0.3) is 0 Å². The van der Waals surface area contributed by atoms with Crippen LogP contribution in [0.1, 0.15) is 19.7 Å². The molecule has 0 spiro atoms. The second-order valence-electron chi connectivity index (χ2n) is 3.74. The summed E-state index contributed by atoms with van der Waals surface area (Å²) in [7, 11) is 0. The third-order valence-corrected chi connectivity index (χ3v) is 4.04. The van der Waals surface area contributed by atoms with Crippen LogP contribution in [0.4, 0.5) is 5.82 Å². The Bertz CT molecular complexity index is 361. The van der Waals surface area contributed by atoms with Crippen LogP contribution < -0.4 is 5.32 Å². The number of aryl methyl sites for hydroxylation is 1. The van der Waals surface area contributed by atoms with Crippen molar-refractivity contribution in [2.75, 3.05) is 18.2 Å². The molecule has 2 atom stereocenters. The molecule has 1 rings (SSSR count). The molecule has 1 aromatic rings. The van der Waals surface area contributed by atoms with Crippen LogP contribution in [-0.4, -0.2) is 39.2 Å². The van der Waals surface area contributed by atoms with Crippen molar-refractivity contribution in [1.29, 1.82) is 0 Å². The fraction of sp³-hybridized carbons (Fsp3) is 0.636. The molecule has 0 aromatic carbocycles. The molecule has 2 unspecified atom stereocenters. The molecule has 1 aromatic heterocycles. The lowest BCUT2D eigenvalue weighted by Crippen LogP contribution is -2.31. The number of nitrogens with zero attached hydrogens (tertiary/aromatic N) is 2. The maximum absolute atomic E-state index is 9.23. The van der Waals surface area contributed by atoms with E-state index in [1.165, 1.54) is 0 Å². The van der Waals surface area contributed by atoms with Gasteiger partial charge in [0.1, 0.15) is 16.2 Å². The molecule has 0 amide bonds. The van der Waals surface area contributed by atoms with E-state index in [4.69, 9.17) is 0 Å². The summed E-state index contributed by atoms with van der Waals surface area (Å²) in [4.78, 5) is 8.66. The highest BCUT2D eigenvalue weighted by atomic mass is 79.9. The number of nitrogens with one attached hydrogen (secondary N) is 1. The Labute approximate surface area is 115 Å². The summed E-state index contributed by atoms with van der Waals surface area (Å²) in [6.07, 6.45) is 2.79. The number of aliphatic hydroxyl groups excluding tert-OH is 1. The highest BCUT2D eigenvalue weighted by Gasteiger charge is 2.15. The van der Waals surface area contributed by atoms with Gasteiger partial charge in [0, 0.05) is 23.8 Å². The van der Waals surface area contributed by atoms with E-state index in [0.717, 1.165) is 22.7 Å². The number of thioether (sulfide) groups is 1. The molecule has 0 aliphatic heterocycles. The summed E-state index contributed by atoms with van der Waals surface area (Å²) >= 11 is 5.01. The number of aromatic nitrogens is 2. The fourth-order valence-corrected chi connectivity index (χ4v) is 2.51. The van der Waals surface area contributed by atoms with Crippen molar-refractivity contribution in [2.24, 2.45) is 0 Å². The number of hydrogen-bond acceptors (Lipinski definition) is 5. The van der Waals surface area contributed by atoms with Crippen molar-refractivity contribution >= 4 is 33.5 Å². The van der Waals surface area contributed by atoms with Crippen molar-refractivity contribution in [2.45, 2.75) is 31.6 Å². The quantitative estimate of drug-likeness (QED) is 0.788. The van der Waals surface area contributed by atoms with Gasteiger partial charge in [-0.25, -0.2) is 9.97 Å². The Kier molecular flexibility index (Phi) is 6.22. The predicted molar refractivity (Wildman–Crippen MR) is 76.6 cm³/mol. The first-order chi connectivity index (χ1) is 8.10. The van der Waals surface area contributed by atoms with Gasteiger partial charge < -0.3 is 10.4 Å². The van der Waals surface area contributed by atoms with Crippen LogP contribution in [-0.2, 0) is 6.42 Å². The van der Waals surface area contributed by atoms with Crippen LogP contribution in [0.2, 0.25) is 0 Å². The highest BCUT2D eigenvalue weighted by Crippen LogP contribution is 2.17. The van der Waals surface area contributed by atoms with Gasteiger partial charge in [0.25, 0.3) is 0 Å². The average molecular weight is 320 g/mol. The number of anilines is 1. The van der Waals surface area contributed by atoms with E-state index in [1.54, 1.807) is 11.8 Å². The smallest absolute Gasteiger partial charge is 0.131 e. The molecule has 0 saturated heterocycles. The summed E-state index contributed by atoms with van der Waals surface area (Å²) in [5, 5.41) is 12.7. The van der Waals surface area contributed by atoms with E-state index in [0.29, 0.717) is 0 Å². The predicted octanol–water partition coefficient (Wildman–Crippen LogP) is 2.33. The molecule has 0 radical (unpaired) electrons. The zero-order valence-electron chi connectivity index (χ0n) is 10.3. The van der Waals surface area contributed by atoms with E-state index in [1.807, 2.05) is 26.2 Å². The number of rotatable bonds is 6. The van der Waals surface area contributed by atoms with Gasteiger partial charge in [0.2, 0.25) is 0 Å². The Morgan fingerprint density at radius 2 is 2.24 bits per heavy atom. The van der Waals surface area contributed by atoms with E-state index < -0.39 is 0 Å². The molecule has 2 N–H and O–H groups in total. The van der Waals surface area contributed by atoms with Crippen LogP contribution in [0.3, 0.4) is 0 Å². The molecule has 4 nitrogen and oxygen atoms in total. The maximum atomic E-state index is 9.23. The molecule has 6 heteroatoms. The minimum atomic E-state index is 0.154. The molecule has 96 valence electrons. The minimum absolute atomic E-state index is 0.154. The second kappa shape index (κ2) is 7.18. The lowest BCUT2D eigenvalue weighted by atomic mass is 10.2. The SMILES string of the molecule is CCc1nc(Br)cc(NC(C)C(CO)SC)n1. The first-order valence-corrected chi connectivity index (χ1v) is 7.62. The lowest BCUT2D eigenvalue weighted by molar-refractivity contribution is 0.288. The lowest BCUT2D eigenvalue weighted by Gasteiger charge is -2.22. The first-order valence-electron chi connectivity index (χ1n) is 5.54. The highest BCUT2D eigenvalue weighted by molar-refractivity contribution is 9.10. The molecule has 0 aliphatic carbocycles. The molecule has 0 fully saturated rings. The summed E-state index contributed by atoms with van der Waals surface area (Å²) in [5.74, 6) is 1.60. The molecule has 0 aliphatic rings. The zero-order valence-corrected chi connectivity index (χ0v) is 12.7. The van der Waals surface area contributed by atoms with E-state index in [9.17, 15) is 5.11 Å². The van der Waals surface area contributed by atoms with Crippen molar-refractivity contribution in [3.63, 3.8) is 0 Å². The Balaban J connectivity index is 2.76. The van der Waals surface area contributed by atoms with Gasteiger partial charge in [-0.3, -0.25) is 0 Å². The van der Waals surface area contributed by atoms with Crippen molar-refractivity contribution < 1.29 is 5.11 Å². The van der Waals surface area contributed by atoms with Crippen molar-refractivity contribution in [1.82, 2.24) is 9.97 Å². The normalized spacial score (nSPS) is 14.4. The monoisotopic (exact) mass is 319 g/mol. The summed E-state index contributed by atoms with van der Waals surface area (Å²) in [6.45, 7) is 4.22. The standard InChI is InChI=1S/C11H18BrN3OS/c1-4-10-14-9(12)5-11(15-10)13-7(2)8(6-16)17-3/h5,7-8,16H,4,6H2,1-3H3,(H,13,14,15). The molecule has 1 heterocycles. The molecular weight excluding hydrogens is 302 g/mol. The Morgan fingerprint density at radius 1 is 1.53 bits per heavy atom. The minimum Gasteiger partial charge on any atom is -0.395 e. The van der Waals surface area contributed by atoms with Crippen LogP contribution in [0.5, 0.6) is 0 Å². The van der Waals surface area contributed by atoms with Crippen molar-refractivity contribution in [3.8, 4) is 0 Å². The summed E-state index contributed by atoms with van der Waals surface area (Å²) in [6, 6.07) is 2.01. The third-order valence-electron chi connectivity index (χ3n) is 2.47. The average Bonchev–Trinajstić information content (AvgIpc) is 2.29. The number of hydrogen-bond donors (Lipinski definition) is 2. The molecule has 0 saturated carbocycles.